The third-order valence-electron chi connectivity index (χ3n) is 2.79. The van der Waals surface area contributed by atoms with Crippen LogP contribution in [0, 0.1) is 0 Å². The molecule has 1 aromatic rings. The lowest BCUT2D eigenvalue weighted by Gasteiger charge is -2.33. The lowest BCUT2D eigenvalue weighted by Crippen LogP contribution is -2.49. The summed E-state index contributed by atoms with van der Waals surface area (Å²) in [7, 11) is 0. The number of nitrogens with zero attached hydrogens (tertiary/aromatic N) is 1. The van der Waals surface area contributed by atoms with Crippen LogP contribution in [-0.2, 0) is 14.4 Å². The molecule has 0 radical (unpaired) electrons. The Labute approximate surface area is 110 Å². The lowest BCUT2D eigenvalue weighted by molar-refractivity contribution is -0.126. The maximum Gasteiger partial charge on any atom is 0.260 e. The largest absolute Gasteiger partial charge is 0.477 e. The van der Waals surface area contributed by atoms with Gasteiger partial charge in [0.2, 0.25) is 5.91 Å². The summed E-state index contributed by atoms with van der Waals surface area (Å²) >= 11 is 0. The minimum Gasteiger partial charge on any atom is -0.477 e. The first-order valence-electron chi connectivity index (χ1n) is 5.84. The number of carbonyl (C=O) groups is 3. The maximum atomic E-state index is 12.0. The van der Waals surface area contributed by atoms with Gasteiger partial charge in [0.15, 0.2) is 6.10 Å². The van der Waals surface area contributed by atoms with Gasteiger partial charge in [0.25, 0.3) is 5.91 Å². The highest BCUT2D eigenvalue weighted by Crippen LogP contribution is 2.33. The van der Waals surface area contributed by atoms with E-state index >= 15 is 0 Å². The molecule has 0 aliphatic carbocycles. The number of para-hydroxylation sites is 2. The number of amides is 2. The van der Waals surface area contributed by atoms with Gasteiger partial charge in [-0.3, -0.25) is 14.4 Å². The number of carbonyl (C=O) groups excluding carboxylic acids is 3. The first kappa shape index (κ1) is 13.1. The molecule has 1 heterocycles. The van der Waals surface area contributed by atoms with Crippen LogP contribution < -0.4 is 15.4 Å². The summed E-state index contributed by atoms with van der Waals surface area (Å²) in [6.07, 6.45) is -1.11. The fourth-order valence-electron chi connectivity index (χ4n) is 1.93. The number of fused-ring (bicyclic) bond motifs is 1. The van der Waals surface area contributed by atoms with E-state index in [-0.39, 0.29) is 24.7 Å². The van der Waals surface area contributed by atoms with Crippen LogP contribution in [0.2, 0.25) is 0 Å². The van der Waals surface area contributed by atoms with E-state index in [0.29, 0.717) is 11.4 Å². The maximum absolute atomic E-state index is 12.0. The molecule has 2 rings (SSSR count). The van der Waals surface area contributed by atoms with Gasteiger partial charge in [-0.1, -0.05) is 12.1 Å². The molecule has 1 atom stereocenters. The zero-order chi connectivity index (χ0) is 14.0. The molecule has 2 N–H and O–H groups in total. The van der Waals surface area contributed by atoms with Crippen LogP contribution in [0.25, 0.3) is 0 Å². The van der Waals surface area contributed by atoms with Crippen molar-refractivity contribution < 1.29 is 19.1 Å². The van der Waals surface area contributed by atoms with Crippen LogP contribution in [0.15, 0.2) is 24.3 Å². The average Bonchev–Trinajstić information content (AvgIpc) is 2.36. The molecule has 0 spiro atoms. The van der Waals surface area contributed by atoms with E-state index in [0.717, 1.165) is 0 Å². The zero-order valence-electron chi connectivity index (χ0n) is 10.5. The normalized spacial score (nSPS) is 17.3. The fourth-order valence-corrected chi connectivity index (χ4v) is 1.93. The first-order valence-corrected chi connectivity index (χ1v) is 5.84. The van der Waals surface area contributed by atoms with Crippen molar-refractivity contribution in [2.45, 2.75) is 19.4 Å². The van der Waals surface area contributed by atoms with Gasteiger partial charge in [-0.25, -0.2) is 0 Å². The van der Waals surface area contributed by atoms with Crippen molar-refractivity contribution in [1.82, 2.24) is 0 Å². The Balaban J connectivity index is 2.33. The molecule has 1 unspecified atom stereocenters. The van der Waals surface area contributed by atoms with Gasteiger partial charge in [-0.15, -0.1) is 0 Å². The average molecular weight is 262 g/mol. The van der Waals surface area contributed by atoms with Crippen LogP contribution in [0.1, 0.15) is 13.3 Å². The molecule has 0 saturated heterocycles. The second-order valence-electron chi connectivity index (χ2n) is 4.36. The molecule has 0 saturated carbocycles. The number of Topliss-reactive ketones (excluding diaryl/α,β-unsaturated/α-hetero) is 1. The minimum atomic E-state index is -0.897. The molecule has 2 amide bonds. The van der Waals surface area contributed by atoms with Crippen LogP contribution in [0.3, 0.4) is 0 Å². The van der Waals surface area contributed by atoms with Crippen molar-refractivity contribution in [3.63, 3.8) is 0 Å². The highest BCUT2D eigenvalue weighted by Gasteiger charge is 2.32. The standard InChI is InChI=1S/C13H14N2O4/c1-8(16)6-12(17)15-7-11(13(14)18)19-10-5-3-2-4-9(10)15/h2-5,11H,6-7H2,1H3,(H2,14,18). The Morgan fingerprint density at radius 1 is 1.37 bits per heavy atom. The summed E-state index contributed by atoms with van der Waals surface area (Å²) in [5.74, 6) is -0.830. The smallest absolute Gasteiger partial charge is 0.260 e. The van der Waals surface area contributed by atoms with E-state index in [1.54, 1.807) is 24.3 Å². The number of ether oxygens (including phenoxy) is 1. The highest BCUT2D eigenvalue weighted by atomic mass is 16.5. The van der Waals surface area contributed by atoms with Crippen molar-refractivity contribution in [2.24, 2.45) is 5.73 Å². The number of nitrogens with two attached hydrogens (primary N) is 1. The molecule has 1 aromatic carbocycles. The number of benzene rings is 1. The molecule has 0 aromatic heterocycles. The highest BCUT2D eigenvalue weighted by molar-refractivity contribution is 6.06. The molecule has 6 nitrogen and oxygen atoms in total. The molecular weight excluding hydrogens is 248 g/mol. The van der Waals surface area contributed by atoms with E-state index in [9.17, 15) is 14.4 Å². The summed E-state index contributed by atoms with van der Waals surface area (Å²) in [4.78, 5) is 35.7. The van der Waals surface area contributed by atoms with Crippen LogP contribution in [0.4, 0.5) is 5.69 Å². The third kappa shape index (κ3) is 2.73. The van der Waals surface area contributed by atoms with Gasteiger partial charge < -0.3 is 15.4 Å². The molecule has 1 aliphatic rings. The SMILES string of the molecule is CC(=O)CC(=O)N1CC(C(N)=O)Oc2ccccc21. The van der Waals surface area contributed by atoms with Crippen molar-refractivity contribution >= 4 is 23.3 Å². The van der Waals surface area contributed by atoms with Crippen molar-refractivity contribution in [1.29, 1.82) is 0 Å². The summed E-state index contributed by atoms with van der Waals surface area (Å²) in [5, 5.41) is 0. The Morgan fingerprint density at radius 3 is 2.68 bits per heavy atom. The van der Waals surface area contributed by atoms with Gasteiger partial charge in [0.1, 0.15) is 11.5 Å². The molecule has 0 bridgehead atoms. The van der Waals surface area contributed by atoms with Gasteiger partial charge in [-0.2, -0.15) is 0 Å². The van der Waals surface area contributed by atoms with Crippen molar-refractivity contribution in [3.8, 4) is 5.75 Å². The Bertz CT molecular complexity index is 541. The van der Waals surface area contributed by atoms with Crippen molar-refractivity contribution in [2.75, 3.05) is 11.4 Å². The predicted molar refractivity (Wildman–Crippen MR) is 67.7 cm³/mol. The zero-order valence-corrected chi connectivity index (χ0v) is 10.5. The molecular formula is C13H14N2O4. The monoisotopic (exact) mass is 262 g/mol. The van der Waals surface area contributed by atoms with Crippen molar-refractivity contribution in [3.05, 3.63) is 24.3 Å². The first-order chi connectivity index (χ1) is 8.99. The predicted octanol–water partition coefficient (Wildman–Crippen LogP) is 0.245. The van der Waals surface area contributed by atoms with Crippen LogP contribution in [0.5, 0.6) is 5.75 Å². The van der Waals surface area contributed by atoms with Gasteiger partial charge in [-0.05, 0) is 19.1 Å². The third-order valence-corrected chi connectivity index (χ3v) is 2.79. The van der Waals surface area contributed by atoms with E-state index in [4.69, 9.17) is 10.5 Å². The summed E-state index contributed by atoms with van der Waals surface area (Å²) < 4.78 is 5.43. The van der Waals surface area contributed by atoms with Crippen LogP contribution in [-0.4, -0.2) is 30.2 Å². The second-order valence-corrected chi connectivity index (χ2v) is 4.36. The molecule has 0 fully saturated rings. The topological polar surface area (TPSA) is 89.7 Å². The summed E-state index contributed by atoms with van der Waals surface area (Å²) in [5.41, 5.74) is 5.77. The fraction of sp³-hybridized carbons (Fsp3) is 0.308. The lowest BCUT2D eigenvalue weighted by atomic mass is 10.1. The molecule has 19 heavy (non-hydrogen) atoms. The number of ketones is 1. The minimum absolute atomic E-state index is 0.0262. The molecule has 1 aliphatic heterocycles. The Morgan fingerprint density at radius 2 is 2.05 bits per heavy atom. The molecule has 100 valence electrons. The van der Waals surface area contributed by atoms with E-state index in [2.05, 4.69) is 0 Å². The number of primary amides is 1. The second kappa shape index (κ2) is 5.09. The van der Waals surface area contributed by atoms with E-state index in [1.807, 2.05) is 0 Å². The quantitative estimate of drug-likeness (QED) is 0.790. The summed E-state index contributed by atoms with van der Waals surface area (Å²) in [6, 6.07) is 6.83. The Kier molecular flexibility index (Phi) is 3.50. The Hall–Kier alpha value is -2.37. The van der Waals surface area contributed by atoms with Crippen LogP contribution >= 0.6 is 0 Å². The summed E-state index contributed by atoms with van der Waals surface area (Å²) in [6.45, 7) is 1.37. The van der Waals surface area contributed by atoms with E-state index in [1.165, 1.54) is 11.8 Å². The van der Waals surface area contributed by atoms with Gasteiger partial charge >= 0.3 is 0 Å². The number of rotatable bonds is 3. The number of hydrogen-bond acceptors (Lipinski definition) is 4. The molecule has 6 heteroatoms. The van der Waals surface area contributed by atoms with E-state index < -0.39 is 12.0 Å². The number of hydrogen-bond donors (Lipinski definition) is 1. The number of anilines is 1. The van der Waals surface area contributed by atoms with Gasteiger partial charge in [0, 0.05) is 0 Å². The van der Waals surface area contributed by atoms with Gasteiger partial charge in [0.05, 0.1) is 18.7 Å².